The molecule has 0 spiro atoms. The molecule has 154 valence electrons. The zero-order valence-electron chi connectivity index (χ0n) is 18.3. The maximum atomic E-state index is 6.32. The highest BCUT2D eigenvalue weighted by Gasteiger charge is 2.52. The minimum atomic E-state index is -0.407. The lowest BCUT2D eigenvalue weighted by atomic mass is 9.75. The van der Waals surface area contributed by atoms with Crippen LogP contribution in [0.4, 0.5) is 0 Å². The summed E-state index contributed by atoms with van der Waals surface area (Å²) < 4.78 is 12.6. The fourth-order valence-electron chi connectivity index (χ4n) is 3.97. The van der Waals surface area contributed by atoms with Crippen molar-refractivity contribution < 1.29 is 9.31 Å². The van der Waals surface area contributed by atoms with Crippen LogP contribution in [0.5, 0.6) is 0 Å². The Bertz CT molecular complexity index is 1220. The SMILES string of the molecule is CC1(C)OB(c2cccc3c(-c4ccc(-c5ccccc5)nn4)cccc23)OC1(C)C. The van der Waals surface area contributed by atoms with Gasteiger partial charge in [0.15, 0.2) is 0 Å². The second kappa shape index (κ2) is 7.29. The van der Waals surface area contributed by atoms with Gasteiger partial charge in [-0.15, -0.1) is 10.2 Å². The van der Waals surface area contributed by atoms with Crippen LogP contribution in [0.2, 0.25) is 0 Å². The molecule has 0 saturated carbocycles. The van der Waals surface area contributed by atoms with E-state index in [1.165, 1.54) is 0 Å². The molecule has 5 rings (SSSR count). The van der Waals surface area contributed by atoms with Gasteiger partial charge in [-0.3, -0.25) is 0 Å². The van der Waals surface area contributed by atoms with E-state index in [4.69, 9.17) is 9.31 Å². The van der Waals surface area contributed by atoms with Crippen LogP contribution in [-0.4, -0.2) is 28.5 Å². The summed E-state index contributed by atoms with van der Waals surface area (Å²) in [4.78, 5) is 0. The Hall–Kier alpha value is -3.02. The Morgan fingerprint density at radius 1 is 0.613 bits per heavy atom. The number of hydrogen-bond donors (Lipinski definition) is 0. The maximum Gasteiger partial charge on any atom is 0.495 e. The average Bonchev–Trinajstić information content (AvgIpc) is 3.00. The standard InChI is InChI=1S/C26H25BN2O2/c1-25(2)26(3,4)31-27(30-25)22-15-9-12-19-20(22)13-8-14-21(19)24-17-16-23(28-29-24)18-10-6-5-7-11-18/h5-17H,1-4H3. The van der Waals surface area contributed by atoms with Crippen LogP contribution in [0.3, 0.4) is 0 Å². The number of hydrogen-bond acceptors (Lipinski definition) is 4. The van der Waals surface area contributed by atoms with Gasteiger partial charge < -0.3 is 9.31 Å². The summed E-state index contributed by atoms with van der Waals surface area (Å²) in [7, 11) is -0.407. The summed E-state index contributed by atoms with van der Waals surface area (Å²) in [6, 6.07) is 26.7. The molecule has 0 atom stereocenters. The van der Waals surface area contributed by atoms with Gasteiger partial charge in [-0.25, -0.2) is 0 Å². The van der Waals surface area contributed by atoms with Crippen LogP contribution < -0.4 is 5.46 Å². The first-order valence-corrected chi connectivity index (χ1v) is 10.6. The van der Waals surface area contributed by atoms with E-state index in [-0.39, 0.29) is 11.2 Å². The van der Waals surface area contributed by atoms with Gasteiger partial charge in [0.25, 0.3) is 0 Å². The summed E-state index contributed by atoms with van der Waals surface area (Å²) in [6.07, 6.45) is 0. The minimum absolute atomic E-state index is 0.379. The summed E-state index contributed by atoms with van der Waals surface area (Å²) in [5, 5.41) is 11.2. The largest absolute Gasteiger partial charge is 0.495 e. The Balaban J connectivity index is 1.55. The molecule has 5 heteroatoms. The fraction of sp³-hybridized carbons (Fsp3) is 0.231. The van der Waals surface area contributed by atoms with Crippen molar-refractivity contribution in [3.05, 3.63) is 78.9 Å². The van der Waals surface area contributed by atoms with Crippen LogP contribution in [0.15, 0.2) is 78.9 Å². The van der Waals surface area contributed by atoms with Gasteiger partial charge in [0, 0.05) is 11.1 Å². The first-order valence-electron chi connectivity index (χ1n) is 10.6. The van der Waals surface area contributed by atoms with Gasteiger partial charge in [0.1, 0.15) is 0 Å². The van der Waals surface area contributed by atoms with Crippen LogP contribution in [0.25, 0.3) is 33.3 Å². The molecule has 0 radical (unpaired) electrons. The molecule has 3 aromatic carbocycles. The van der Waals surface area contributed by atoms with E-state index < -0.39 is 7.12 Å². The molecule has 0 unspecified atom stereocenters. The van der Waals surface area contributed by atoms with E-state index in [2.05, 4.69) is 74.3 Å². The van der Waals surface area contributed by atoms with Crippen LogP contribution in [-0.2, 0) is 9.31 Å². The summed E-state index contributed by atoms with van der Waals surface area (Å²) in [5.74, 6) is 0. The third-order valence-electron chi connectivity index (χ3n) is 6.47. The Kier molecular flexibility index (Phi) is 4.69. The molecular weight excluding hydrogens is 383 g/mol. The van der Waals surface area contributed by atoms with Crippen molar-refractivity contribution in [3.63, 3.8) is 0 Å². The van der Waals surface area contributed by atoms with E-state index in [0.29, 0.717) is 0 Å². The molecule has 0 N–H and O–H groups in total. The van der Waals surface area contributed by atoms with Gasteiger partial charge >= 0.3 is 7.12 Å². The molecule has 1 saturated heterocycles. The Morgan fingerprint density at radius 3 is 1.90 bits per heavy atom. The van der Waals surface area contributed by atoms with E-state index in [1.807, 2.05) is 42.5 Å². The Labute approximate surface area is 183 Å². The smallest absolute Gasteiger partial charge is 0.399 e. The molecule has 31 heavy (non-hydrogen) atoms. The lowest BCUT2D eigenvalue weighted by molar-refractivity contribution is 0.00578. The van der Waals surface area contributed by atoms with Crippen molar-refractivity contribution in [2.24, 2.45) is 0 Å². The van der Waals surface area contributed by atoms with Gasteiger partial charge in [0.05, 0.1) is 22.6 Å². The van der Waals surface area contributed by atoms with Crippen molar-refractivity contribution in [3.8, 4) is 22.5 Å². The monoisotopic (exact) mass is 408 g/mol. The topological polar surface area (TPSA) is 44.2 Å². The van der Waals surface area contributed by atoms with E-state index >= 15 is 0 Å². The van der Waals surface area contributed by atoms with Gasteiger partial charge in [0.2, 0.25) is 0 Å². The van der Waals surface area contributed by atoms with Crippen molar-refractivity contribution >= 4 is 23.4 Å². The van der Waals surface area contributed by atoms with Crippen molar-refractivity contribution in [2.45, 2.75) is 38.9 Å². The molecule has 0 aliphatic carbocycles. The second-order valence-electron chi connectivity index (χ2n) is 9.01. The minimum Gasteiger partial charge on any atom is -0.399 e. The highest BCUT2D eigenvalue weighted by molar-refractivity contribution is 6.65. The van der Waals surface area contributed by atoms with Gasteiger partial charge in [-0.2, -0.15) is 0 Å². The third kappa shape index (κ3) is 3.44. The lowest BCUT2D eigenvalue weighted by Crippen LogP contribution is -2.41. The van der Waals surface area contributed by atoms with E-state index in [9.17, 15) is 0 Å². The second-order valence-corrected chi connectivity index (χ2v) is 9.01. The first kappa shape index (κ1) is 19.9. The highest BCUT2D eigenvalue weighted by Crippen LogP contribution is 2.37. The third-order valence-corrected chi connectivity index (χ3v) is 6.47. The number of rotatable bonds is 3. The molecular formula is C26H25BN2O2. The lowest BCUT2D eigenvalue weighted by Gasteiger charge is -2.32. The van der Waals surface area contributed by atoms with E-state index in [0.717, 1.165) is 38.8 Å². The summed E-state index contributed by atoms with van der Waals surface area (Å²) >= 11 is 0. The molecule has 4 nitrogen and oxygen atoms in total. The number of nitrogens with zero attached hydrogens (tertiary/aromatic N) is 2. The molecule has 0 amide bonds. The van der Waals surface area contributed by atoms with Crippen molar-refractivity contribution in [1.29, 1.82) is 0 Å². The molecule has 1 aromatic heterocycles. The quantitative estimate of drug-likeness (QED) is 0.434. The normalized spacial score (nSPS) is 17.2. The van der Waals surface area contributed by atoms with Gasteiger partial charge in [-0.1, -0.05) is 66.7 Å². The van der Waals surface area contributed by atoms with E-state index in [1.54, 1.807) is 0 Å². The molecule has 1 fully saturated rings. The summed E-state index contributed by atoms with van der Waals surface area (Å²) in [6.45, 7) is 8.31. The number of benzene rings is 3. The van der Waals surface area contributed by atoms with Crippen molar-refractivity contribution in [2.75, 3.05) is 0 Å². The highest BCUT2D eigenvalue weighted by atomic mass is 16.7. The number of aromatic nitrogens is 2. The molecule has 1 aliphatic rings. The Morgan fingerprint density at radius 2 is 1.23 bits per heavy atom. The molecule has 1 aliphatic heterocycles. The zero-order valence-corrected chi connectivity index (χ0v) is 18.3. The molecule has 0 bridgehead atoms. The van der Waals surface area contributed by atoms with Crippen LogP contribution in [0.1, 0.15) is 27.7 Å². The molecule has 2 heterocycles. The van der Waals surface area contributed by atoms with Crippen LogP contribution in [0, 0.1) is 0 Å². The first-order chi connectivity index (χ1) is 14.9. The maximum absolute atomic E-state index is 6.32. The average molecular weight is 408 g/mol. The zero-order chi connectivity index (χ0) is 21.6. The molecule has 4 aromatic rings. The van der Waals surface area contributed by atoms with Gasteiger partial charge in [-0.05, 0) is 56.1 Å². The predicted molar refractivity (Wildman–Crippen MR) is 126 cm³/mol. The number of fused-ring (bicyclic) bond motifs is 1. The predicted octanol–water partition coefficient (Wildman–Crippen LogP) is 5.26. The summed E-state index contributed by atoms with van der Waals surface area (Å²) in [5.41, 5.74) is 4.09. The van der Waals surface area contributed by atoms with Crippen molar-refractivity contribution in [1.82, 2.24) is 10.2 Å². The fourth-order valence-corrected chi connectivity index (χ4v) is 3.97. The van der Waals surface area contributed by atoms with Crippen LogP contribution >= 0.6 is 0 Å².